The van der Waals surface area contributed by atoms with E-state index in [9.17, 15) is 9.59 Å². The average Bonchev–Trinajstić information content (AvgIpc) is 3.60. The number of halogens is 2. The normalized spacial score (nSPS) is 17.6. The van der Waals surface area contributed by atoms with Gasteiger partial charge in [-0.25, -0.2) is 10.1 Å². The molecular formula is C26H25Cl2N5O3S2. The molecule has 8 nitrogen and oxygen atoms in total. The summed E-state index contributed by atoms with van der Waals surface area (Å²) in [6.07, 6.45) is 0.773. The molecule has 2 aromatic heterocycles. The van der Waals surface area contributed by atoms with Crippen LogP contribution in [0, 0.1) is 0 Å². The summed E-state index contributed by atoms with van der Waals surface area (Å²) >= 11 is 15.0. The number of benzene rings is 2. The molecular weight excluding hydrogens is 565 g/mol. The minimum Gasteiger partial charge on any atom is -0.488 e. The lowest BCUT2D eigenvalue weighted by Gasteiger charge is -2.18. The summed E-state index contributed by atoms with van der Waals surface area (Å²) in [6, 6.07) is 12.3. The van der Waals surface area contributed by atoms with Crippen LogP contribution in [0.3, 0.4) is 0 Å². The second kappa shape index (κ2) is 11.5. The molecule has 2 N–H and O–H groups in total. The third-order valence-electron chi connectivity index (χ3n) is 6.30. The van der Waals surface area contributed by atoms with Crippen molar-refractivity contribution in [3.8, 4) is 16.3 Å². The Labute approximate surface area is 237 Å². The van der Waals surface area contributed by atoms with Crippen LogP contribution in [-0.4, -0.2) is 52.2 Å². The van der Waals surface area contributed by atoms with Crippen LogP contribution in [0.5, 0.6) is 5.75 Å². The van der Waals surface area contributed by atoms with Gasteiger partial charge in [0.25, 0.3) is 5.91 Å². The molecule has 2 aromatic carbocycles. The first-order valence-corrected chi connectivity index (χ1v) is 14.4. The number of aromatic amines is 1. The zero-order chi connectivity index (χ0) is 26.8. The Hall–Kier alpha value is -2.76. The Kier molecular flexibility index (Phi) is 8.15. The van der Waals surface area contributed by atoms with Crippen molar-refractivity contribution in [2.45, 2.75) is 31.9 Å². The van der Waals surface area contributed by atoms with Crippen molar-refractivity contribution in [2.24, 2.45) is 0 Å². The monoisotopic (exact) mass is 589 g/mol. The Morgan fingerprint density at radius 3 is 2.55 bits per heavy atom. The fourth-order valence-electron chi connectivity index (χ4n) is 4.47. The molecule has 0 spiro atoms. The van der Waals surface area contributed by atoms with Crippen LogP contribution in [0.15, 0.2) is 47.3 Å². The lowest BCUT2D eigenvalue weighted by molar-refractivity contribution is 0.0935. The minimum atomic E-state index is -0.190. The van der Waals surface area contributed by atoms with E-state index < -0.39 is 0 Å². The van der Waals surface area contributed by atoms with Crippen molar-refractivity contribution < 1.29 is 9.53 Å². The number of rotatable bonds is 8. The number of amides is 1. The van der Waals surface area contributed by atoms with Crippen LogP contribution < -0.4 is 14.9 Å². The molecule has 1 aliphatic heterocycles. The van der Waals surface area contributed by atoms with Gasteiger partial charge in [-0.1, -0.05) is 41.5 Å². The van der Waals surface area contributed by atoms with Crippen molar-refractivity contribution in [1.82, 2.24) is 25.4 Å². The third-order valence-corrected chi connectivity index (χ3v) is 8.74. The molecule has 0 bridgehead atoms. The molecule has 3 heterocycles. The first kappa shape index (κ1) is 26.8. The van der Waals surface area contributed by atoms with E-state index in [1.165, 1.54) is 0 Å². The summed E-state index contributed by atoms with van der Waals surface area (Å²) in [5, 5.41) is 12.4. The standard InChI is InChI=1S/C26H25Cl2N5O3S2/c1-3-20-22(37-24(30-20)15-8-16(27)10-17(28)9-15)13-36-18-6-4-14(5-7-18)23(34)29-21-12-33(2)11-19(21)25-31-32-26(35)38-25/h4-10,19,21H,3,11-13H2,1-2H3,(H,29,34)(H,32,35)/t19-,21+/m0/s1. The summed E-state index contributed by atoms with van der Waals surface area (Å²) < 4.78 is 6.03. The van der Waals surface area contributed by atoms with Crippen molar-refractivity contribution in [3.05, 3.63) is 83.3 Å². The topological polar surface area (TPSA) is 100 Å². The largest absolute Gasteiger partial charge is 0.488 e. The number of likely N-dealkylation sites (N-methyl/N-ethyl adjacent to an activating group) is 1. The van der Waals surface area contributed by atoms with E-state index in [4.69, 9.17) is 32.9 Å². The van der Waals surface area contributed by atoms with Crippen LogP contribution in [-0.2, 0) is 13.0 Å². The molecule has 1 saturated heterocycles. The number of thiazole rings is 1. The Morgan fingerprint density at radius 1 is 1.16 bits per heavy atom. The first-order chi connectivity index (χ1) is 18.3. The number of nitrogens with one attached hydrogen (secondary N) is 2. The molecule has 4 aromatic rings. The molecule has 0 saturated carbocycles. The Bertz CT molecular complexity index is 1480. The predicted molar refractivity (Wildman–Crippen MR) is 152 cm³/mol. The van der Waals surface area contributed by atoms with Crippen molar-refractivity contribution in [3.63, 3.8) is 0 Å². The maximum absolute atomic E-state index is 13.0. The zero-order valence-electron chi connectivity index (χ0n) is 20.7. The predicted octanol–water partition coefficient (Wildman–Crippen LogP) is 5.23. The summed E-state index contributed by atoms with van der Waals surface area (Å²) in [4.78, 5) is 32.2. The van der Waals surface area contributed by atoms with Gasteiger partial charge in [0.1, 0.15) is 22.4 Å². The van der Waals surface area contributed by atoms with Crippen molar-refractivity contribution >= 4 is 51.8 Å². The van der Waals surface area contributed by atoms with Crippen LogP contribution in [0.2, 0.25) is 10.0 Å². The lowest BCUT2D eigenvalue weighted by Crippen LogP contribution is -2.39. The van der Waals surface area contributed by atoms with E-state index in [1.54, 1.807) is 41.7 Å². The number of aryl methyl sites for hydroxylation is 1. The molecule has 0 unspecified atom stereocenters. The molecule has 38 heavy (non-hydrogen) atoms. The molecule has 5 rings (SSSR count). The number of hydrogen-bond acceptors (Lipinski definition) is 8. The highest BCUT2D eigenvalue weighted by Gasteiger charge is 2.35. The molecule has 1 aliphatic rings. The summed E-state index contributed by atoms with van der Waals surface area (Å²) in [5.74, 6) is 0.449. The van der Waals surface area contributed by atoms with Gasteiger partial charge in [0.2, 0.25) is 0 Å². The number of hydrogen-bond donors (Lipinski definition) is 2. The van der Waals surface area contributed by atoms with E-state index in [-0.39, 0.29) is 22.7 Å². The zero-order valence-corrected chi connectivity index (χ0v) is 23.8. The van der Waals surface area contributed by atoms with Gasteiger partial charge in [-0.05, 0) is 55.9 Å². The molecule has 0 radical (unpaired) electrons. The third kappa shape index (κ3) is 6.10. The second-order valence-corrected chi connectivity index (χ2v) is 12.0. The van der Waals surface area contributed by atoms with Crippen LogP contribution >= 0.6 is 45.9 Å². The number of likely N-dealkylation sites (tertiary alicyclic amines) is 1. The molecule has 12 heteroatoms. The van der Waals surface area contributed by atoms with Gasteiger partial charge in [-0.2, -0.15) is 5.10 Å². The maximum Gasteiger partial charge on any atom is 0.322 e. The van der Waals surface area contributed by atoms with Gasteiger partial charge >= 0.3 is 4.87 Å². The van der Waals surface area contributed by atoms with E-state index in [1.807, 2.05) is 19.2 Å². The molecule has 1 amide bonds. The number of aromatic nitrogens is 3. The molecule has 2 atom stereocenters. The summed E-state index contributed by atoms with van der Waals surface area (Å²) in [6.45, 7) is 3.83. The SMILES string of the molecule is CCc1nc(-c2cc(Cl)cc(Cl)c2)sc1COc1ccc(C(=O)N[C@@H]2CN(C)C[C@@H]2c2n[nH]c(=O)s2)cc1. The number of H-pyrrole nitrogens is 1. The fourth-order valence-corrected chi connectivity index (χ4v) is 6.81. The van der Waals surface area contributed by atoms with Gasteiger partial charge in [0.15, 0.2) is 0 Å². The number of carbonyl (C=O) groups excluding carboxylic acids is 1. The first-order valence-electron chi connectivity index (χ1n) is 12.0. The average molecular weight is 591 g/mol. The lowest BCUT2D eigenvalue weighted by atomic mass is 10.0. The second-order valence-electron chi connectivity index (χ2n) is 9.07. The van der Waals surface area contributed by atoms with E-state index in [0.29, 0.717) is 39.5 Å². The van der Waals surface area contributed by atoms with Gasteiger partial charge in [-0.15, -0.1) is 11.3 Å². The Balaban J connectivity index is 1.23. The fraction of sp³-hybridized carbons (Fsp3) is 0.308. The number of carbonyl (C=O) groups is 1. The van der Waals surface area contributed by atoms with E-state index in [0.717, 1.165) is 45.4 Å². The number of ether oxygens (including phenoxy) is 1. The van der Waals surface area contributed by atoms with Crippen LogP contribution in [0.25, 0.3) is 10.6 Å². The highest BCUT2D eigenvalue weighted by atomic mass is 35.5. The molecule has 1 fully saturated rings. The van der Waals surface area contributed by atoms with Crippen LogP contribution in [0.1, 0.15) is 38.8 Å². The quantitative estimate of drug-likeness (QED) is 0.292. The number of nitrogens with zero attached hydrogens (tertiary/aromatic N) is 3. The van der Waals surface area contributed by atoms with Gasteiger partial charge in [0.05, 0.1) is 16.6 Å². The highest BCUT2D eigenvalue weighted by Crippen LogP contribution is 2.33. The van der Waals surface area contributed by atoms with E-state index in [2.05, 4.69) is 27.3 Å². The molecule has 198 valence electrons. The van der Waals surface area contributed by atoms with Gasteiger partial charge in [0, 0.05) is 40.2 Å². The maximum atomic E-state index is 13.0. The van der Waals surface area contributed by atoms with Crippen molar-refractivity contribution in [2.75, 3.05) is 20.1 Å². The molecule has 0 aliphatic carbocycles. The Morgan fingerprint density at radius 2 is 1.89 bits per heavy atom. The van der Waals surface area contributed by atoms with Gasteiger partial charge < -0.3 is 15.0 Å². The minimum absolute atomic E-state index is 0.0319. The highest BCUT2D eigenvalue weighted by molar-refractivity contribution is 7.15. The van der Waals surface area contributed by atoms with Gasteiger partial charge in [-0.3, -0.25) is 9.59 Å². The smallest absolute Gasteiger partial charge is 0.322 e. The van der Waals surface area contributed by atoms with Crippen molar-refractivity contribution in [1.29, 1.82) is 0 Å². The summed E-state index contributed by atoms with van der Waals surface area (Å²) in [7, 11) is 1.99. The summed E-state index contributed by atoms with van der Waals surface area (Å²) in [5.41, 5.74) is 2.38. The van der Waals surface area contributed by atoms with Crippen LogP contribution in [0.4, 0.5) is 0 Å². The van der Waals surface area contributed by atoms with E-state index >= 15 is 0 Å².